The van der Waals surface area contributed by atoms with Gasteiger partial charge in [0, 0.05) is 59.5 Å². The highest BCUT2D eigenvalue weighted by Gasteiger charge is 2.22. The van der Waals surface area contributed by atoms with E-state index in [1.54, 1.807) is 23.9 Å². The average molecular weight is 480 g/mol. The predicted octanol–water partition coefficient (Wildman–Crippen LogP) is 4.69. The van der Waals surface area contributed by atoms with Crippen LogP contribution in [0.1, 0.15) is 31.8 Å². The molecule has 0 aromatic heterocycles. The van der Waals surface area contributed by atoms with Crippen molar-refractivity contribution in [1.29, 1.82) is 0 Å². The predicted molar refractivity (Wildman–Crippen MR) is 134 cm³/mol. The van der Waals surface area contributed by atoms with E-state index in [4.69, 9.17) is 17.3 Å². The molecule has 7 heteroatoms. The second-order valence-electron chi connectivity index (χ2n) is 8.07. The van der Waals surface area contributed by atoms with Gasteiger partial charge in [-0.2, -0.15) is 0 Å². The Labute approximate surface area is 203 Å². The number of hydrogen-bond donors (Lipinski definition) is 1. The van der Waals surface area contributed by atoms with Crippen molar-refractivity contribution in [2.24, 2.45) is 5.73 Å². The van der Waals surface area contributed by atoms with E-state index in [0.717, 1.165) is 41.5 Å². The van der Waals surface area contributed by atoms with Gasteiger partial charge < -0.3 is 10.6 Å². The minimum absolute atomic E-state index is 0.0809. The summed E-state index contributed by atoms with van der Waals surface area (Å²) in [5.41, 5.74) is 8.86. The standard InChI is InChI=1S/C26H26ClN3O2S/c27-23-9-11-24(12-10-23)33-18-20-3-7-22(8-4-20)26(32)30-15-13-29(14-16-30)17-19-1-5-21(6-2-19)25(28)31/h1-12H,13-18H2,(H2,28,31). The molecule has 0 spiro atoms. The molecular formula is C26H26ClN3O2S. The normalized spacial score (nSPS) is 14.3. The maximum Gasteiger partial charge on any atom is 0.253 e. The summed E-state index contributed by atoms with van der Waals surface area (Å²) in [5.74, 6) is 0.509. The zero-order valence-corrected chi connectivity index (χ0v) is 19.8. The Kier molecular flexibility index (Phi) is 7.70. The smallest absolute Gasteiger partial charge is 0.253 e. The molecule has 3 aromatic rings. The van der Waals surface area contributed by atoms with Crippen LogP contribution >= 0.6 is 23.4 Å². The molecule has 1 fully saturated rings. The molecule has 0 unspecified atom stereocenters. The third-order valence-electron chi connectivity index (χ3n) is 5.72. The summed E-state index contributed by atoms with van der Waals surface area (Å²) < 4.78 is 0. The van der Waals surface area contributed by atoms with Crippen molar-refractivity contribution >= 4 is 35.2 Å². The van der Waals surface area contributed by atoms with Crippen molar-refractivity contribution in [3.63, 3.8) is 0 Å². The molecule has 3 aromatic carbocycles. The van der Waals surface area contributed by atoms with Gasteiger partial charge in [0.25, 0.3) is 5.91 Å². The van der Waals surface area contributed by atoms with Gasteiger partial charge in [0.05, 0.1) is 0 Å². The van der Waals surface area contributed by atoms with E-state index in [1.807, 2.05) is 65.6 Å². The molecule has 1 aliphatic heterocycles. The topological polar surface area (TPSA) is 66.6 Å². The van der Waals surface area contributed by atoms with Crippen LogP contribution in [0.25, 0.3) is 0 Å². The number of amides is 2. The van der Waals surface area contributed by atoms with Gasteiger partial charge in [-0.1, -0.05) is 35.9 Å². The van der Waals surface area contributed by atoms with E-state index in [2.05, 4.69) is 4.90 Å². The fraction of sp³-hybridized carbons (Fsp3) is 0.231. The van der Waals surface area contributed by atoms with E-state index in [0.29, 0.717) is 18.7 Å². The molecule has 170 valence electrons. The van der Waals surface area contributed by atoms with E-state index in [-0.39, 0.29) is 5.91 Å². The fourth-order valence-electron chi connectivity index (χ4n) is 3.77. The van der Waals surface area contributed by atoms with E-state index >= 15 is 0 Å². The number of piperazine rings is 1. The van der Waals surface area contributed by atoms with Crippen LogP contribution in [-0.4, -0.2) is 47.8 Å². The lowest BCUT2D eigenvalue weighted by molar-refractivity contribution is 0.0628. The first-order chi connectivity index (χ1) is 16.0. The van der Waals surface area contributed by atoms with Crippen LogP contribution in [0.2, 0.25) is 5.02 Å². The molecule has 2 N–H and O–H groups in total. The fourth-order valence-corrected chi connectivity index (χ4v) is 4.75. The lowest BCUT2D eigenvalue weighted by Crippen LogP contribution is -2.48. The number of carbonyl (C=O) groups excluding carboxylic acids is 2. The Hall–Kier alpha value is -2.80. The highest BCUT2D eigenvalue weighted by Crippen LogP contribution is 2.24. The van der Waals surface area contributed by atoms with Crippen molar-refractivity contribution in [2.45, 2.75) is 17.2 Å². The molecule has 0 bridgehead atoms. The first-order valence-corrected chi connectivity index (χ1v) is 12.2. The number of nitrogens with zero attached hydrogens (tertiary/aromatic N) is 2. The van der Waals surface area contributed by atoms with E-state index in [1.165, 1.54) is 10.5 Å². The van der Waals surface area contributed by atoms with Crippen LogP contribution in [0.15, 0.2) is 77.7 Å². The van der Waals surface area contributed by atoms with Crippen LogP contribution in [0.5, 0.6) is 0 Å². The summed E-state index contributed by atoms with van der Waals surface area (Å²) in [6.07, 6.45) is 0. The quantitative estimate of drug-likeness (QED) is 0.499. The van der Waals surface area contributed by atoms with Crippen LogP contribution in [0.4, 0.5) is 0 Å². The van der Waals surface area contributed by atoms with E-state index < -0.39 is 5.91 Å². The zero-order valence-electron chi connectivity index (χ0n) is 18.2. The largest absolute Gasteiger partial charge is 0.366 e. The van der Waals surface area contributed by atoms with Gasteiger partial charge in [-0.15, -0.1) is 11.8 Å². The molecule has 1 saturated heterocycles. The molecule has 0 radical (unpaired) electrons. The number of halogens is 1. The third kappa shape index (κ3) is 6.38. The molecule has 2 amide bonds. The number of benzene rings is 3. The summed E-state index contributed by atoms with van der Waals surface area (Å²) in [4.78, 5) is 29.6. The highest BCUT2D eigenvalue weighted by atomic mass is 35.5. The molecule has 0 saturated carbocycles. The number of thioether (sulfide) groups is 1. The number of hydrogen-bond acceptors (Lipinski definition) is 4. The molecule has 1 heterocycles. The number of rotatable bonds is 7. The summed E-state index contributed by atoms with van der Waals surface area (Å²) in [6.45, 7) is 3.83. The minimum Gasteiger partial charge on any atom is -0.366 e. The average Bonchev–Trinajstić information content (AvgIpc) is 2.84. The number of carbonyl (C=O) groups is 2. The number of primary amides is 1. The van der Waals surface area contributed by atoms with Crippen molar-refractivity contribution in [1.82, 2.24) is 9.80 Å². The highest BCUT2D eigenvalue weighted by molar-refractivity contribution is 7.98. The van der Waals surface area contributed by atoms with Gasteiger partial charge >= 0.3 is 0 Å². The van der Waals surface area contributed by atoms with Crippen LogP contribution in [0, 0.1) is 0 Å². The lowest BCUT2D eigenvalue weighted by atomic mass is 10.1. The van der Waals surface area contributed by atoms with Gasteiger partial charge in [-0.3, -0.25) is 14.5 Å². The monoisotopic (exact) mass is 479 g/mol. The Balaban J connectivity index is 1.25. The second-order valence-corrected chi connectivity index (χ2v) is 9.55. The van der Waals surface area contributed by atoms with Crippen molar-refractivity contribution < 1.29 is 9.59 Å². The molecule has 0 aliphatic carbocycles. The molecule has 0 atom stereocenters. The Morgan fingerprint density at radius 1 is 0.788 bits per heavy atom. The Morgan fingerprint density at radius 3 is 1.97 bits per heavy atom. The second kappa shape index (κ2) is 10.9. The summed E-state index contributed by atoms with van der Waals surface area (Å²) >= 11 is 7.68. The molecular weight excluding hydrogens is 454 g/mol. The molecule has 5 nitrogen and oxygen atoms in total. The molecule has 1 aliphatic rings. The van der Waals surface area contributed by atoms with Crippen molar-refractivity contribution in [3.8, 4) is 0 Å². The SMILES string of the molecule is NC(=O)c1ccc(CN2CCN(C(=O)c3ccc(CSc4ccc(Cl)cc4)cc3)CC2)cc1. The van der Waals surface area contributed by atoms with Crippen molar-refractivity contribution in [2.75, 3.05) is 26.2 Å². The van der Waals surface area contributed by atoms with Crippen LogP contribution in [0.3, 0.4) is 0 Å². The third-order valence-corrected chi connectivity index (χ3v) is 7.06. The van der Waals surface area contributed by atoms with Gasteiger partial charge in [0.15, 0.2) is 0 Å². The van der Waals surface area contributed by atoms with Gasteiger partial charge in [-0.25, -0.2) is 0 Å². The summed E-state index contributed by atoms with van der Waals surface area (Å²) in [6, 6.07) is 23.1. The Bertz CT molecular complexity index is 1090. The number of nitrogens with two attached hydrogens (primary N) is 1. The molecule has 33 heavy (non-hydrogen) atoms. The van der Waals surface area contributed by atoms with Crippen molar-refractivity contribution in [3.05, 3.63) is 100 Å². The van der Waals surface area contributed by atoms with Gasteiger partial charge in [0.1, 0.15) is 0 Å². The first-order valence-electron chi connectivity index (χ1n) is 10.9. The zero-order chi connectivity index (χ0) is 23.2. The Morgan fingerprint density at radius 2 is 1.36 bits per heavy atom. The lowest BCUT2D eigenvalue weighted by Gasteiger charge is -2.34. The van der Waals surface area contributed by atoms with E-state index in [9.17, 15) is 9.59 Å². The van der Waals surface area contributed by atoms with Gasteiger partial charge in [0.2, 0.25) is 5.91 Å². The maximum absolute atomic E-state index is 12.9. The van der Waals surface area contributed by atoms with Crippen LogP contribution in [-0.2, 0) is 12.3 Å². The van der Waals surface area contributed by atoms with Gasteiger partial charge in [-0.05, 0) is 59.7 Å². The minimum atomic E-state index is -0.415. The summed E-state index contributed by atoms with van der Waals surface area (Å²) in [7, 11) is 0. The maximum atomic E-state index is 12.9. The molecule has 4 rings (SSSR count). The first kappa shape index (κ1) is 23.4. The van der Waals surface area contributed by atoms with Crippen LogP contribution < -0.4 is 5.73 Å². The summed E-state index contributed by atoms with van der Waals surface area (Å²) in [5, 5.41) is 0.738.